The smallest absolute Gasteiger partial charge is 0.231 e. The zero-order valence-electron chi connectivity index (χ0n) is 15.8. The fourth-order valence-corrected chi connectivity index (χ4v) is 4.74. The van der Waals surface area contributed by atoms with Gasteiger partial charge in [0, 0.05) is 12.0 Å². The Hall–Kier alpha value is -2.88. The van der Waals surface area contributed by atoms with E-state index < -0.39 is 5.92 Å². The quantitative estimate of drug-likeness (QED) is 0.625. The van der Waals surface area contributed by atoms with Gasteiger partial charge in [-0.25, -0.2) is 0 Å². The van der Waals surface area contributed by atoms with Crippen LogP contribution in [-0.4, -0.2) is 22.8 Å². The largest absolute Gasteiger partial charge is 0.508 e. The fourth-order valence-electron chi connectivity index (χ4n) is 4.74. The summed E-state index contributed by atoms with van der Waals surface area (Å²) in [6.45, 7) is 0. The predicted molar refractivity (Wildman–Crippen MR) is 109 cm³/mol. The lowest BCUT2D eigenvalue weighted by Crippen LogP contribution is -2.56. The van der Waals surface area contributed by atoms with Gasteiger partial charge in [0.1, 0.15) is 11.7 Å². The minimum Gasteiger partial charge on any atom is -0.508 e. The molecule has 1 aliphatic heterocycles. The van der Waals surface area contributed by atoms with Crippen LogP contribution in [0.25, 0.3) is 6.08 Å². The summed E-state index contributed by atoms with van der Waals surface area (Å²) in [7, 11) is 0. The lowest BCUT2D eigenvalue weighted by molar-refractivity contribution is -0.137. The first-order valence-corrected chi connectivity index (χ1v) is 10.00. The van der Waals surface area contributed by atoms with E-state index in [9.17, 15) is 14.7 Å². The molecular weight excluding hydrogens is 350 g/mol. The minimum atomic E-state index is -0.699. The number of carbonyl (C=O) groups is 2. The molecule has 2 aromatic carbocycles. The van der Waals surface area contributed by atoms with Crippen molar-refractivity contribution in [2.24, 2.45) is 11.8 Å². The molecule has 0 aromatic heterocycles. The van der Waals surface area contributed by atoms with Gasteiger partial charge < -0.3 is 10.4 Å². The van der Waals surface area contributed by atoms with Crippen LogP contribution in [0, 0.1) is 11.8 Å². The molecule has 0 radical (unpaired) electrons. The number of phenolic OH excluding ortho intramolecular Hbond substituents is 1. The summed E-state index contributed by atoms with van der Waals surface area (Å²) >= 11 is 0. The third-order valence-electron chi connectivity index (χ3n) is 6.07. The number of nitrogens with one attached hydrogen (secondary N) is 1. The highest BCUT2D eigenvalue weighted by atomic mass is 16.3. The van der Waals surface area contributed by atoms with E-state index in [-0.39, 0.29) is 29.4 Å². The van der Waals surface area contributed by atoms with E-state index in [1.54, 1.807) is 30.3 Å². The highest BCUT2D eigenvalue weighted by Crippen LogP contribution is 2.44. The number of fused-ring (bicyclic) bond motifs is 1. The number of hydrogen-bond acceptors (Lipinski definition) is 3. The van der Waals surface area contributed by atoms with Gasteiger partial charge in [0.15, 0.2) is 5.78 Å². The molecule has 4 nitrogen and oxygen atoms in total. The second-order valence-corrected chi connectivity index (χ2v) is 7.80. The molecule has 28 heavy (non-hydrogen) atoms. The molecule has 1 saturated heterocycles. The second-order valence-electron chi connectivity index (χ2n) is 7.80. The van der Waals surface area contributed by atoms with Crippen LogP contribution in [-0.2, 0) is 9.59 Å². The van der Waals surface area contributed by atoms with Gasteiger partial charge in [-0.05, 0) is 48.1 Å². The monoisotopic (exact) mass is 375 g/mol. The maximum Gasteiger partial charge on any atom is 0.231 e. The van der Waals surface area contributed by atoms with Crippen LogP contribution in [0.15, 0.2) is 60.7 Å². The van der Waals surface area contributed by atoms with Gasteiger partial charge in [-0.15, -0.1) is 0 Å². The van der Waals surface area contributed by atoms with E-state index in [1.165, 1.54) is 6.08 Å². The lowest BCUT2D eigenvalue weighted by Gasteiger charge is -2.45. The Morgan fingerprint density at radius 1 is 1.00 bits per heavy atom. The van der Waals surface area contributed by atoms with Crippen molar-refractivity contribution in [3.8, 4) is 5.75 Å². The molecule has 1 aliphatic carbocycles. The van der Waals surface area contributed by atoms with Crippen LogP contribution >= 0.6 is 0 Å². The summed E-state index contributed by atoms with van der Waals surface area (Å²) in [4.78, 5) is 26.0. The Bertz CT molecular complexity index is 872. The number of allylic oxidation sites excluding steroid dienone is 1. The maximum absolute atomic E-state index is 13.1. The third-order valence-corrected chi connectivity index (χ3v) is 6.07. The van der Waals surface area contributed by atoms with E-state index in [4.69, 9.17) is 0 Å². The van der Waals surface area contributed by atoms with Crippen LogP contribution in [0.5, 0.6) is 5.75 Å². The normalized spacial score (nSPS) is 27.2. The van der Waals surface area contributed by atoms with Crippen molar-refractivity contribution in [3.05, 3.63) is 71.8 Å². The lowest BCUT2D eigenvalue weighted by atomic mass is 9.64. The first-order valence-electron chi connectivity index (χ1n) is 10.00. The average Bonchev–Trinajstić information content (AvgIpc) is 2.72. The predicted octanol–water partition coefficient (Wildman–Crippen LogP) is 4.06. The maximum atomic E-state index is 13.1. The van der Waals surface area contributed by atoms with Crippen molar-refractivity contribution < 1.29 is 14.7 Å². The van der Waals surface area contributed by atoms with Crippen LogP contribution < -0.4 is 5.32 Å². The minimum absolute atomic E-state index is 0.0859. The molecule has 0 bridgehead atoms. The average molecular weight is 375 g/mol. The van der Waals surface area contributed by atoms with Gasteiger partial charge in [0.2, 0.25) is 5.91 Å². The molecule has 1 amide bonds. The molecule has 0 spiro atoms. The molecule has 1 heterocycles. The van der Waals surface area contributed by atoms with Crippen molar-refractivity contribution in [1.29, 1.82) is 0 Å². The summed E-state index contributed by atoms with van der Waals surface area (Å²) in [5.41, 5.74) is 1.89. The first-order chi connectivity index (χ1) is 13.6. The molecule has 144 valence electrons. The van der Waals surface area contributed by atoms with Gasteiger partial charge in [-0.2, -0.15) is 0 Å². The Kier molecular flexibility index (Phi) is 5.29. The van der Waals surface area contributed by atoms with E-state index in [2.05, 4.69) is 5.32 Å². The molecule has 4 atom stereocenters. The molecule has 2 N–H and O–H groups in total. The van der Waals surface area contributed by atoms with Crippen LogP contribution in [0.2, 0.25) is 0 Å². The summed E-state index contributed by atoms with van der Waals surface area (Å²) in [5, 5.41) is 12.5. The zero-order valence-corrected chi connectivity index (χ0v) is 15.8. The Balaban J connectivity index is 1.64. The second kappa shape index (κ2) is 8.01. The number of benzene rings is 2. The molecule has 4 unspecified atom stereocenters. The number of ketones is 1. The van der Waals surface area contributed by atoms with Crippen molar-refractivity contribution in [2.45, 2.75) is 37.6 Å². The summed E-state index contributed by atoms with van der Waals surface area (Å²) in [5.74, 6) is -0.624. The molecule has 1 saturated carbocycles. The van der Waals surface area contributed by atoms with Gasteiger partial charge in [0.05, 0.1) is 0 Å². The molecule has 4 rings (SSSR count). The molecule has 2 fully saturated rings. The molecular formula is C24H25NO3. The Morgan fingerprint density at radius 2 is 1.71 bits per heavy atom. The van der Waals surface area contributed by atoms with Gasteiger partial charge in [0.25, 0.3) is 0 Å². The van der Waals surface area contributed by atoms with Crippen molar-refractivity contribution in [2.75, 3.05) is 0 Å². The third kappa shape index (κ3) is 3.72. The highest BCUT2D eigenvalue weighted by Gasteiger charge is 2.47. The van der Waals surface area contributed by atoms with Crippen molar-refractivity contribution in [3.63, 3.8) is 0 Å². The van der Waals surface area contributed by atoms with Crippen LogP contribution in [0.4, 0.5) is 0 Å². The van der Waals surface area contributed by atoms with Crippen molar-refractivity contribution >= 4 is 17.8 Å². The Labute approximate surface area is 165 Å². The molecule has 2 aliphatic rings. The topological polar surface area (TPSA) is 66.4 Å². The number of amides is 1. The number of rotatable bonds is 4. The molecule has 4 heteroatoms. The van der Waals surface area contributed by atoms with E-state index in [0.717, 1.165) is 36.8 Å². The highest BCUT2D eigenvalue weighted by molar-refractivity contribution is 6.09. The van der Waals surface area contributed by atoms with Gasteiger partial charge in [-0.1, -0.05) is 61.4 Å². The number of aromatic hydroxyl groups is 1. The fraction of sp³-hybridized carbons (Fsp3) is 0.333. The van der Waals surface area contributed by atoms with Gasteiger partial charge >= 0.3 is 0 Å². The summed E-state index contributed by atoms with van der Waals surface area (Å²) < 4.78 is 0. The van der Waals surface area contributed by atoms with Gasteiger partial charge in [-0.3, -0.25) is 9.59 Å². The van der Waals surface area contributed by atoms with Crippen LogP contribution in [0.1, 0.15) is 42.7 Å². The van der Waals surface area contributed by atoms with E-state index in [0.29, 0.717) is 5.92 Å². The standard InChI is InChI=1S/C24H25NO3/c26-18-13-10-16(11-14-18)12-15-21(27)23-22(17-6-2-1-3-7-17)19-8-4-5-9-20(19)25-24(23)28/h1-3,6-7,10-15,19-20,22-23,26H,4-5,8-9H2,(H,25,28)/b15-12+. The Morgan fingerprint density at radius 3 is 2.46 bits per heavy atom. The number of phenols is 1. The molecule has 2 aromatic rings. The summed E-state index contributed by atoms with van der Waals surface area (Å²) in [6.07, 6.45) is 7.52. The first kappa shape index (κ1) is 18.5. The summed E-state index contributed by atoms with van der Waals surface area (Å²) in [6, 6.07) is 16.8. The van der Waals surface area contributed by atoms with E-state index >= 15 is 0 Å². The number of piperidine rings is 1. The van der Waals surface area contributed by atoms with Crippen LogP contribution in [0.3, 0.4) is 0 Å². The van der Waals surface area contributed by atoms with Crippen molar-refractivity contribution in [1.82, 2.24) is 5.32 Å². The number of hydrogen-bond donors (Lipinski definition) is 2. The SMILES string of the molecule is O=C(/C=C/c1ccc(O)cc1)C1C(=O)NC2CCCCC2C1c1ccccc1. The number of carbonyl (C=O) groups excluding carboxylic acids is 2. The van der Waals surface area contributed by atoms with E-state index in [1.807, 2.05) is 30.3 Å². The zero-order chi connectivity index (χ0) is 19.5.